The zero-order chi connectivity index (χ0) is 10.3. The first-order valence-electron chi connectivity index (χ1n) is 5.05. The van der Waals surface area contributed by atoms with Gasteiger partial charge in [-0.05, 0) is 30.7 Å². The van der Waals surface area contributed by atoms with Crippen molar-refractivity contribution in [3.63, 3.8) is 0 Å². The minimum absolute atomic E-state index is 0. The predicted molar refractivity (Wildman–Crippen MR) is 62.9 cm³/mol. The molecule has 3 aromatic rings. The van der Waals surface area contributed by atoms with E-state index in [4.69, 9.17) is 4.42 Å². The number of para-hydroxylation sites is 1. The van der Waals surface area contributed by atoms with Gasteiger partial charge in [-0.3, -0.25) is 0 Å². The van der Waals surface area contributed by atoms with E-state index in [0.717, 1.165) is 21.9 Å². The summed E-state index contributed by atoms with van der Waals surface area (Å²) in [6.07, 6.45) is 0. The van der Waals surface area contributed by atoms with Crippen LogP contribution in [-0.2, 0) is 0 Å². The average Bonchev–Trinajstić information content (AvgIpc) is 2.26. The normalized spacial score (nSPS) is 10.3. The minimum atomic E-state index is 0. The molecule has 0 bridgehead atoms. The van der Waals surface area contributed by atoms with Gasteiger partial charge in [0.05, 0.1) is 10.8 Å². The molecule has 0 N–H and O–H groups in total. The summed E-state index contributed by atoms with van der Waals surface area (Å²) in [4.78, 5) is 0. The molecular weight excluding hydrogens is 220 g/mol. The molecule has 80 valence electrons. The van der Waals surface area contributed by atoms with Crippen LogP contribution in [0.25, 0.3) is 21.9 Å². The van der Waals surface area contributed by atoms with Crippen LogP contribution in [0.5, 0.6) is 0 Å². The zero-order valence-electron chi connectivity index (χ0n) is 8.91. The van der Waals surface area contributed by atoms with Gasteiger partial charge in [0.15, 0.2) is 0 Å². The van der Waals surface area contributed by atoms with Crippen molar-refractivity contribution in [1.29, 1.82) is 0 Å². The molecule has 0 saturated heterocycles. The largest absolute Gasteiger partial charge is 1.00 e. The van der Waals surface area contributed by atoms with Crippen molar-refractivity contribution >= 4 is 21.9 Å². The molecule has 0 aliphatic carbocycles. The maximum absolute atomic E-state index is 5.83. The van der Waals surface area contributed by atoms with Gasteiger partial charge in [0.1, 0.15) is 0 Å². The number of benzene rings is 2. The fraction of sp³-hybridized carbons (Fsp3) is 0.0714. The van der Waals surface area contributed by atoms with E-state index in [1.165, 1.54) is 5.56 Å². The fourth-order valence-corrected chi connectivity index (χ4v) is 1.83. The van der Waals surface area contributed by atoms with Crippen molar-refractivity contribution in [3.05, 3.63) is 54.1 Å². The van der Waals surface area contributed by atoms with Crippen LogP contribution < -0.4 is 12.4 Å². The summed E-state index contributed by atoms with van der Waals surface area (Å²) in [7, 11) is 0. The number of hydrogen-bond acceptors (Lipinski definition) is 0. The molecule has 0 atom stereocenters. The molecule has 2 aromatic carbocycles. The van der Waals surface area contributed by atoms with Crippen molar-refractivity contribution in [2.75, 3.05) is 0 Å². The first-order chi connectivity index (χ1) is 7.33. The number of rotatable bonds is 0. The van der Waals surface area contributed by atoms with Gasteiger partial charge in [0, 0.05) is 12.1 Å². The zero-order valence-corrected chi connectivity index (χ0v) is 9.66. The summed E-state index contributed by atoms with van der Waals surface area (Å²) in [5.41, 5.74) is 3.12. The highest BCUT2D eigenvalue weighted by Crippen LogP contribution is 2.23. The van der Waals surface area contributed by atoms with E-state index in [1.807, 2.05) is 18.2 Å². The quantitative estimate of drug-likeness (QED) is 0.417. The maximum atomic E-state index is 5.83. The van der Waals surface area contributed by atoms with Gasteiger partial charge < -0.3 is 12.4 Å². The van der Waals surface area contributed by atoms with E-state index in [9.17, 15) is 0 Å². The molecule has 0 spiro atoms. The number of aryl methyl sites for hydroxylation is 1. The summed E-state index contributed by atoms with van der Waals surface area (Å²) in [5.74, 6) is 0. The van der Waals surface area contributed by atoms with Gasteiger partial charge in [-0.15, -0.1) is 0 Å². The first kappa shape index (κ1) is 10.9. The standard InChI is InChI=1S/C14H11O.ClH/c1-10-6-7-12-9-11-4-2-3-5-13(11)15-14(12)8-10;/h2-9H,1H3;1H/q+1;/p-1. The highest BCUT2D eigenvalue weighted by Gasteiger charge is 2.10. The molecule has 0 saturated carbocycles. The Morgan fingerprint density at radius 2 is 1.56 bits per heavy atom. The Morgan fingerprint density at radius 3 is 2.44 bits per heavy atom. The molecule has 0 amide bonds. The Labute approximate surface area is 100 Å². The van der Waals surface area contributed by atoms with Crippen molar-refractivity contribution < 1.29 is 16.8 Å². The lowest BCUT2D eigenvalue weighted by molar-refractivity contribution is -0.00000346. The van der Waals surface area contributed by atoms with Crippen LogP contribution in [0, 0.1) is 6.92 Å². The molecule has 3 rings (SSSR count). The first-order valence-corrected chi connectivity index (χ1v) is 5.05. The van der Waals surface area contributed by atoms with Gasteiger partial charge in [-0.1, -0.05) is 18.2 Å². The summed E-state index contributed by atoms with van der Waals surface area (Å²) < 4.78 is 5.83. The second-order valence-corrected chi connectivity index (χ2v) is 3.83. The molecule has 1 heterocycles. The Kier molecular flexibility index (Phi) is 2.80. The van der Waals surface area contributed by atoms with Gasteiger partial charge >= 0.3 is 11.2 Å². The topological polar surface area (TPSA) is 11.3 Å². The van der Waals surface area contributed by atoms with Crippen molar-refractivity contribution in [3.8, 4) is 0 Å². The lowest BCUT2D eigenvalue weighted by Crippen LogP contribution is -3.00. The average molecular weight is 231 g/mol. The van der Waals surface area contributed by atoms with Crippen LogP contribution >= 0.6 is 0 Å². The van der Waals surface area contributed by atoms with Gasteiger partial charge in [-0.25, -0.2) is 4.42 Å². The third-order valence-corrected chi connectivity index (χ3v) is 2.62. The Balaban J connectivity index is 0.000000963. The van der Waals surface area contributed by atoms with Crippen molar-refractivity contribution in [2.45, 2.75) is 6.92 Å². The van der Waals surface area contributed by atoms with E-state index in [1.54, 1.807) is 0 Å². The maximum Gasteiger partial charge on any atom is 0.361 e. The Hall–Kier alpha value is -1.60. The SMILES string of the molecule is Cc1ccc2cc3ccccc3[o+]c2c1.[Cl-]. The molecular formula is C14H11ClO. The molecule has 0 aliphatic heterocycles. The molecule has 16 heavy (non-hydrogen) atoms. The lowest BCUT2D eigenvalue weighted by atomic mass is 10.1. The smallest absolute Gasteiger partial charge is 0.361 e. The molecule has 0 unspecified atom stereocenters. The third-order valence-electron chi connectivity index (χ3n) is 2.62. The Bertz CT molecular complexity index is 646. The molecule has 1 aromatic heterocycles. The summed E-state index contributed by atoms with van der Waals surface area (Å²) >= 11 is 0. The highest BCUT2D eigenvalue weighted by atomic mass is 35.5. The van der Waals surface area contributed by atoms with Crippen LogP contribution in [0.15, 0.2) is 52.9 Å². The molecule has 1 nitrogen and oxygen atoms in total. The number of halogens is 1. The van der Waals surface area contributed by atoms with Gasteiger partial charge in [-0.2, -0.15) is 0 Å². The van der Waals surface area contributed by atoms with Gasteiger partial charge in [0.25, 0.3) is 0 Å². The van der Waals surface area contributed by atoms with Crippen LogP contribution in [0.1, 0.15) is 5.56 Å². The number of hydrogen-bond donors (Lipinski definition) is 0. The second kappa shape index (κ2) is 4.11. The lowest BCUT2D eigenvalue weighted by Gasteiger charge is -1.92. The van der Waals surface area contributed by atoms with Crippen LogP contribution in [0.3, 0.4) is 0 Å². The monoisotopic (exact) mass is 230 g/mol. The van der Waals surface area contributed by atoms with E-state index in [2.05, 4.69) is 37.3 Å². The van der Waals surface area contributed by atoms with E-state index in [0.29, 0.717) is 0 Å². The van der Waals surface area contributed by atoms with Crippen LogP contribution in [0.4, 0.5) is 0 Å². The Morgan fingerprint density at radius 1 is 0.812 bits per heavy atom. The molecule has 0 fully saturated rings. The fourth-order valence-electron chi connectivity index (χ4n) is 1.83. The van der Waals surface area contributed by atoms with Crippen molar-refractivity contribution in [2.24, 2.45) is 0 Å². The van der Waals surface area contributed by atoms with Crippen molar-refractivity contribution in [1.82, 2.24) is 0 Å². The minimum Gasteiger partial charge on any atom is -1.00 e. The molecule has 0 aliphatic rings. The summed E-state index contributed by atoms with van der Waals surface area (Å²) in [5, 5.41) is 2.30. The molecule has 0 radical (unpaired) electrons. The van der Waals surface area contributed by atoms with E-state index in [-0.39, 0.29) is 12.4 Å². The third kappa shape index (κ3) is 1.74. The number of fused-ring (bicyclic) bond motifs is 2. The van der Waals surface area contributed by atoms with E-state index >= 15 is 0 Å². The second-order valence-electron chi connectivity index (χ2n) is 3.83. The van der Waals surface area contributed by atoms with Crippen LogP contribution in [-0.4, -0.2) is 0 Å². The van der Waals surface area contributed by atoms with E-state index < -0.39 is 0 Å². The van der Waals surface area contributed by atoms with Crippen LogP contribution in [0.2, 0.25) is 0 Å². The summed E-state index contributed by atoms with van der Waals surface area (Å²) in [6.45, 7) is 2.07. The molecule has 2 heteroatoms. The van der Waals surface area contributed by atoms with Gasteiger partial charge in [0.2, 0.25) is 0 Å². The predicted octanol–water partition coefficient (Wildman–Crippen LogP) is 1.18. The highest BCUT2D eigenvalue weighted by molar-refractivity contribution is 5.89. The summed E-state index contributed by atoms with van der Waals surface area (Å²) in [6, 6.07) is 16.5.